The largest absolute Gasteiger partial charge is 0.381 e. The quantitative estimate of drug-likeness (QED) is 0.222. The van der Waals surface area contributed by atoms with Crippen molar-refractivity contribution in [3.63, 3.8) is 0 Å². The Bertz CT molecular complexity index is 1600. The summed E-state index contributed by atoms with van der Waals surface area (Å²) in [5, 5.41) is 1.59. The molecule has 2 fully saturated rings. The Morgan fingerprint density at radius 1 is 1.10 bits per heavy atom. The number of rotatable bonds is 7. The van der Waals surface area contributed by atoms with Gasteiger partial charge in [0.2, 0.25) is 11.8 Å². The number of piperidine rings is 1. The lowest BCUT2D eigenvalue weighted by molar-refractivity contribution is -0.137. The lowest BCUT2D eigenvalue weighted by atomic mass is 9.89. The highest BCUT2D eigenvalue weighted by Gasteiger charge is 2.59. The molecule has 0 radical (unpaired) electrons. The van der Waals surface area contributed by atoms with Crippen LogP contribution in [0.25, 0.3) is 10.9 Å². The Hall–Kier alpha value is -2.78. The molecule has 0 saturated carbocycles. The number of aromatic nitrogens is 1. The lowest BCUT2D eigenvalue weighted by Gasteiger charge is -2.41. The lowest BCUT2D eigenvalue weighted by Crippen LogP contribution is -2.52. The van der Waals surface area contributed by atoms with Gasteiger partial charge in [-0.2, -0.15) is 0 Å². The minimum atomic E-state index is -1.07. The van der Waals surface area contributed by atoms with Crippen LogP contribution in [0.15, 0.2) is 82.3 Å². The van der Waals surface area contributed by atoms with Gasteiger partial charge in [0.1, 0.15) is 4.75 Å². The smallest absolute Gasteiger partial charge is 0.242 e. The summed E-state index contributed by atoms with van der Waals surface area (Å²) in [5.74, 6) is -0.0337. The van der Waals surface area contributed by atoms with Gasteiger partial charge in [-0.25, -0.2) is 0 Å². The summed E-state index contributed by atoms with van der Waals surface area (Å²) in [5.41, 5.74) is 3.95. The molecule has 42 heavy (non-hydrogen) atoms. The van der Waals surface area contributed by atoms with E-state index in [9.17, 15) is 9.59 Å². The Labute approximate surface area is 263 Å². The number of hydrogen-bond acceptors (Lipinski definition) is 4. The molecule has 3 heterocycles. The van der Waals surface area contributed by atoms with E-state index < -0.39 is 10.8 Å². The predicted molar refractivity (Wildman–Crippen MR) is 172 cm³/mol. The van der Waals surface area contributed by atoms with Gasteiger partial charge >= 0.3 is 0 Å². The van der Waals surface area contributed by atoms with Crippen molar-refractivity contribution in [3.8, 4) is 0 Å². The van der Waals surface area contributed by atoms with E-state index in [2.05, 4.69) is 45.2 Å². The van der Waals surface area contributed by atoms with Crippen molar-refractivity contribution in [1.29, 1.82) is 0 Å². The van der Waals surface area contributed by atoms with Gasteiger partial charge in [-0.1, -0.05) is 63.4 Å². The molecule has 1 N–H and O–H groups in total. The fourth-order valence-corrected chi connectivity index (χ4v) is 8.16. The average molecular weight is 667 g/mol. The number of nitrogens with zero attached hydrogens (tertiary/aromatic N) is 2. The number of hydrogen-bond donors (Lipinski definition) is 1. The fourth-order valence-electron chi connectivity index (χ4n) is 6.26. The zero-order chi connectivity index (χ0) is 29.4. The molecule has 9 heteroatoms. The molecule has 6 rings (SSSR count). The van der Waals surface area contributed by atoms with Crippen LogP contribution in [0, 0.1) is 6.92 Å². The van der Waals surface area contributed by atoms with Crippen LogP contribution in [-0.4, -0.2) is 57.6 Å². The van der Waals surface area contributed by atoms with Crippen molar-refractivity contribution < 1.29 is 14.3 Å². The van der Waals surface area contributed by atoms with E-state index in [0.29, 0.717) is 24.7 Å². The highest BCUT2D eigenvalue weighted by Crippen LogP contribution is 2.55. The van der Waals surface area contributed by atoms with Crippen LogP contribution in [0.5, 0.6) is 0 Å². The van der Waals surface area contributed by atoms with E-state index >= 15 is 0 Å². The second-order valence-corrected chi connectivity index (χ2v) is 13.9. The van der Waals surface area contributed by atoms with Crippen LogP contribution >= 0.6 is 39.3 Å². The van der Waals surface area contributed by atoms with Gasteiger partial charge in [-0.05, 0) is 61.7 Å². The zero-order valence-corrected chi connectivity index (χ0v) is 26.8. The molecule has 2 saturated heterocycles. The number of fused-ring (bicyclic) bond motifs is 1. The van der Waals surface area contributed by atoms with E-state index in [1.54, 1.807) is 7.11 Å². The Balaban J connectivity index is 1.50. The zero-order valence-electron chi connectivity index (χ0n) is 23.6. The van der Waals surface area contributed by atoms with Gasteiger partial charge in [0.05, 0.1) is 18.6 Å². The first-order valence-electron chi connectivity index (χ1n) is 14.2. The summed E-state index contributed by atoms with van der Waals surface area (Å²) in [4.78, 5) is 37.3. The van der Waals surface area contributed by atoms with E-state index in [1.807, 2.05) is 65.4 Å². The molecule has 2 amide bonds. The first kappa shape index (κ1) is 29.3. The van der Waals surface area contributed by atoms with E-state index in [-0.39, 0.29) is 24.3 Å². The standard InChI is InChI=1S/C33H33BrClN3O3S/c1-21-3-10-26(11-4-21)42-33(32(40)37-15-13-25(41-2)14-16-37)18-30(39)38(20-22-5-7-23(34)8-6-22)31(33)28-19-36-29-17-24(35)9-12-27(28)29/h3-12,17,19,25,31,36H,13-16,18,20H2,1-2H3/t31-,33-/m0/s1. The number of H-pyrrole nitrogens is 1. The highest BCUT2D eigenvalue weighted by molar-refractivity contribution is 9.10. The van der Waals surface area contributed by atoms with Gasteiger partial charge in [-0.3, -0.25) is 9.59 Å². The van der Waals surface area contributed by atoms with Gasteiger partial charge in [0.15, 0.2) is 0 Å². The predicted octanol–water partition coefficient (Wildman–Crippen LogP) is 7.53. The Kier molecular flexibility index (Phi) is 8.42. The first-order chi connectivity index (χ1) is 20.3. The van der Waals surface area contributed by atoms with Gasteiger partial charge in [0.25, 0.3) is 0 Å². The number of nitrogens with one attached hydrogen (secondary N) is 1. The molecule has 0 unspecified atom stereocenters. The number of benzene rings is 3. The third-order valence-electron chi connectivity index (χ3n) is 8.47. The third kappa shape index (κ3) is 5.62. The molecule has 4 aromatic rings. The Morgan fingerprint density at radius 3 is 2.50 bits per heavy atom. The number of amides is 2. The number of aryl methyl sites for hydroxylation is 1. The van der Waals surface area contributed by atoms with Crippen LogP contribution in [0.2, 0.25) is 5.02 Å². The maximum Gasteiger partial charge on any atom is 0.242 e. The summed E-state index contributed by atoms with van der Waals surface area (Å²) < 4.78 is 5.50. The summed E-state index contributed by atoms with van der Waals surface area (Å²) in [6.07, 6.45) is 3.76. The minimum absolute atomic E-state index is 0.00241. The summed E-state index contributed by atoms with van der Waals surface area (Å²) in [6.45, 7) is 3.65. The SMILES string of the molecule is COC1CCN(C(=O)[C@]2(Sc3ccc(C)cc3)CC(=O)N(Cc3ccc(Br)cc3)[C@H]2c2c[nH]c3cc(Cl)ccc23)CC1. The molecular formula is C33H33BrClN3O3S. The number of carbonyl (C=O) groups is 2. The maximum absolute atomic E-state index is 14.9. The number of methoxy groups -OCH3 is 1. The number of ether oxygens (including phenoxy) is 1. The molecule has 218 valence electrons. The number of aromatic amines is 1. The second kappa shape index (κ2) is 12.1. The maximum atomic E-state index is 14.9. The molecule has 6 nitrogen and oxygen atoms in total. The molecule has 1 aromatic heterocycles. The molecule has 2 aliphatic rings. The van der Waals surface area contributed by atoms with Gasteiger partial charge < -0.3 is 19.5 Å². The molecule has 2 atom stereocenters. The number of halogens is 2. The number of likely N-dealkylation sites (tertiary alicyclic amines) is 2. The average Bonchev–Trinajstić information content (AvgIpc) is 3.52. The first-order valence-corrected chi connectivity index (χ1v) is 16.1. The van der Waals surface area contributed by atoms with Gasteiger partial charge in [0, 0.05) is 63.8 Å². The van der Waals surface area contributed by atoms with Gasteiger partial charge in [-0.15, -0.1) is 11.8 Å². The van der Waals surface area contributed by atoms with Crippen molar-refractivity contribution in [2.45, 2.75) is 54.5 Å². The van der Waals surface area contributed by atoms with Crippen molar-refractivity contribution in [2.75, 3.05) is 20.2 Å². The van der Waals surface area contributed by atoms with Crippen LogP contribution in [0.3, 0.4) is 0 Å². The second-order valence-electron chi connectivity index (χ2n) is 11.2. The molecular weight excluding hydrogens is 634 g/mol. The van der Waals surface area contributed by atoms with Crippen molar-refractivity contribution in [3.05, 3.63) is 99.1 Å². The van der Waals surface area contributed by atoms with E-state index in [1.165, 1.54) is 11.8 Å². The van der Waals surface area contributed by atoms with E-state index in [0.717, 1.165) is 49.8 Å². The minimum Gasteiger partial charge on any atom is -0.381 e. The molecule has 0 bridgehead atoms. The normalized spacial score (nSPS) is 21.4. The summed E-state index contributed by atoms with van der Waals surface area (Å²) >= 11 is 11.4. The number of thioether (sulfide) groups is 1. The van der Waals surface area contributed by atoms with Crippen molar-refractivity contribution in [2.24, 2.45) is 0 Å². The van der Waals surface area contributed by atoms with Crippen molar-refractivity contribution >= 4 is 62.0 Å². The van der Waals surface area contributed by atoms with Crippen LogP contribution in [-0.2, 0) is 20.9 Å². The molecule has 0 spiro atoms. The van der Waals surface area contributed by atoms with Crippen LogP contribution in [0.4, 0.5) is 0 Å². The topological polar surface area (TPSA) is 65.6 Å². The fraction of sp³-hybridized carbons (Fsp3) is 0.333. The van der Waals surface area contributed by atoms with Crippen LogP contribution in [0.1, 0.15) is 42.0 Å². The van der Waals surface area contributed by atoms with Crippen LogP contribution < -0.4 is 0 Å². The summed E-state index contributed by atoms with van der Waals surface area (Å²) in [6, 6.07) is 21.5. The highest BCUT2D eigenvalue weighted by atomic mass is 79.9. The summed E-state index contributed by atoms with van der Waals surface area (Å²) in [7, 11) is 1.73. The monoisotopic (exact) mass is 665 g/mol. The third-order valence-corrected chi connectivity index (χ3v) is 10.6. The van der Waals surface area contributed by atoms with E-state index in [4.69, 9.17) is 16.3 Å². The molecule has 2 aliphatic heterocycles. The number of carbonyl (C=O) groups excluding carboxylic acids is 2. The van der Waals surface area contributed by atoms with Crippen molar-refractivity contribution in [1.82, 2.24) is 14.8 Å². The Morgan fingerprint density at radius 2 is 1.81 bits per heavy atom. The molecule has 3 aromatic carbocycles. The molecule has 0 aliphatic carbocycles.